The Morgan fingerprint density at radius 1 is 0.591 bits per heavy atom. The van der Waals surface area contributed by atoms with E-state index in [1.165, 1.54) is 32.9 Å². The molecule has 120 valence electrons. The summed E-state index contributed by atoms with van der Waals surface area (Å²) in [4.78, 5) is 0. The summed E-state index contributed by atoms with van der Waals surface area (Å²) in [5.41, 5.74) is 5.47. The van der Waals surface area contributed by atoms with Gasteiger partial charge in [0.1, 0.15) is 0 Å². The fourth-order valence-corrected chi connectivity index (χ4v) is 6.26. The van der Waals surface area contributed by atoms with E-state index in [1.54, 1.807) is 0 Å². The number of hydrogen-bond donors (Lipinski definition) is 0. The van der Waals surface area contributed by atoms with Gasteiger partial charge >= 0.3 is 0 Å². The summed E-state index contributed by atoms with van der Waals surface area (Å²) in [5, 5.41) is 3.26. The van der Waals surface area contributed by atoms with Gasteiger partial charge in [0.25, 0.3) is 0 Å². The van der Waals surface area contributed by atoms with Crippen molar-refractivity contribution < 1.29 is 0 Å². The van der Waals surface area contributed by atoms with Gasteiger partial charge in [-0.05, 0) is 51.4 Å². The molecule has 0 unspecified atom stereocenters. The molecule has 0 fully saturated rings. The third kappa shape index (κ3) is 4.58. The van der Waals surface area contributed by atoms with Crippen LogP contribution in [0.4, 0.5) is 0 Å². The van der Waals surface area contributed by atoms with Crippen LogP contribution in [0.5, 0.6) is 0 Å². The van der Waals surface area contributed by atoms with E-state index in [9.17, 15) is 0 Å². The van der Waals surface area contributed by atoms with Crippen molar-refractivity contribution >= 4 is 30.9 Å². The van der Waals surface area contributed by atoms with Crippen molar-refractivity contribution in [2.45, 2.75) is 53.6 Å². The third-order valence-electron chi connectivity index (χ3n) is 3.60. The predicted molar refractivity (Wildman–Crippen MR) is 105 cm³/mol. The molecule has 0 N–H and O–H groups in total. The van der Waals surface area contributed by atoms with Gasteiger partial charge in [0, 0.05) is 0 Å². The lowest BCUT2D eigenvalue weighted by molar-refractivity contribution is 0.793. The van der Waals surface area contributed by atoms with Crippen molar-refractivity contribution in [2.75, 3.05) is 0 Å². The summed E-state index contributed by atoms with van der Waals surface area (Å²) in [6.07, 6.45) is 0. The highest BCUT2D eigenvalue weighted by Gasteiger charge is 2.28. The molecule has 2 aromatic carbocycles. The maximum absolute atomic E-state index is 2.38. The number of hydrogen-bond acceptors (Lipinski definition) is 0. The van der Waals surface area contributed by atoms with E-state index in [1.807, 2.05) is 0 Å². The highest BCUT2D eigenvalue weighted by Crippen LogP contribution is 2.47. The standard InChI is InChI=1S/C20H27P.ClH/c1-14-8-15(2)11-18(10-14)21(20(5,6)7)19-12-16(3)9-17(4)13-19;/h8-13H,1-7H3;1H. The Balaban J connectivity index is 0.00000242. The zero-order valence-electron chi connectivity index (χ0n) is 14.8. The highest BCUT2D eigenvalue weighted by molar-refractivity contribution is 7.74. The number of aryl methyl sites for hydroxylation is 4. The minimum absolute atomic E-state index is 0. The summed E-state index contributed by atoms with van der Waals surface area (Å²) >= 11 is 0. The van der Waals surface area contributed by atoms with Crippen LogP contribution in [0.2, 0.25) is 0 Å². The quantitative estimate of drug-likeness (QED) is 0.629. The molecule has 0 bridgehead atoms. The largest absolute Gasteiger partial charge is 0.147 e. The first kappa shape index (κ1) is 19.2. The molecular weight excluding hydrogens is 307 g/mol. The minimum Gasteiger partial charge on any atom is -0.147 e. The van der Waals surface area contributed by atoms with Crippen molar-refractivity contribution in [2.24, 2.45) is 0 Å². The van der Waals surface area contributed by atoms with Crippen molar-refractivity contribution in [1.82, 2.24) is 0 Å². The van der Waals surface area contributed by atoms with Gasteiger partial charge in [-0.1, -0.05) is 79.4 Å². The number of rotatable bonds is 2. The van der Waals surface area contributed by atoms with Crippen LogP contribution in [0.1, 0.15) is 43.0 Å². The van der Waals surface area contributed by atoms with Gasteiger partial charge in [-0.2, -0.15) is 0 Å². The normalized spacial score (nSPS) is 11.5. The fourth-order valence-electron chi connectivity index (χ4n) is 3.08. The summed E-state index contributed by atoms with van der Waals surface area (Å²) in [6.45, 7) is 15.9. The Hall–Kier alpha value is -0.840. The summed E-state index contributed by atoms with van der Waals surface area (Å²) < 4.78 is 0. The maximum atomic E-state index is 2.38. The monoisotopic (exact) mass is 334 g/mol. The first-order valence-electron chi connectivity index (χ1n) is 7.63. The fraction of sp³-hybridized carbons (Fsp3) is 0.400. The minimum atomic E-state index is -0.357. The lowest BCUT2D eigenvalue weighted by atomic mass is 10.2. The van der Waals surface area contributed by atoms with Crippen LogP contribution in [-0.4, -0.2) is 5.16 Å². The predicted octanol–water partition coefficient (Wildman–Crippen LogP) is 5.57. The highest BCUT2D eigenvalue weighted by atomic mass is 35.5. The van der Waals surface area contributed by atoms with Crippen molar-refractivity contribution in [3.63, 3.8) is 0 Å². The van der Waals surface area contributed by atoms with Gasteiger partial charge in [0.2, 0.25) is 0 Å². The first-order valence-corrected chi connectivity index (χ1v) is 8.98. The van der Waals surface area contributed by atoms with E-state index in [0.29, 0.717) is 0 Å². The van der Waals surface area contributed by atoms with E-state index in [4.69, 9.17) is 0 Å². The Labute approximate surface area is 143 Å². The zero-order chi connectivity index (χ0) is 15.8. The van der Waals surface area contributed by atoms with Crippen LogP contribution in [-0.2, 0) is 0 Å². The van der Waals surface area contributed by atoms with Gasteiger partial charge in [-0.3, -0.25) is 0 Å². The second-order valence-corrected chi connectivity index (χ2v) is 10.2. The molecule has 0 atom stereocenters. The van der Waals surface area contributed by atoms with E-state index >= 15 is 0 Å². The zero-order valence-corrected chi connectivity index (χ0v) is 16.5. The molecule has 0 spiro atoms. The Morgan fingerprint density at radius 3 is 1.09 bits per heavy atom. The van der Waals surface area contributed by atoms with Gasteiger partial charge in [-0.15, -0.1) is 12.4 Å². The topological polar surface area (TPSA) is 0 Å². The van der Waals surface area contributed by atoms with Crippen LogP contribution in [0.3, 0.4) is 0 Å². The maximum Gasteiger partial charge on any atom is -0.00991 e. The third-order valence-corrected chi connectivity index (χ3v) is 6.49. The SMILES string of the molecule is Cc1cc(C)cc(P(c2cc(C)cc(C)c2)C(C)(C)C)c1.Cl. The lowest BCUT2D eigenvalue weighted by Gasteiger charge is -2.33. The first-order chi connectivity index (χ1) is 9.66. The average Bonchev–Trinajstić information content (AvgIpc) is 2.23. The number of benzene rings is 2. The van der Waals surface area contributed by atoms with Crippen molar-refractivity contribution in [3.05, 3.63) is 58.7 Å². The van der Waals surface area contributed by atoms with Crippen LogP contribution in [0, 0.1) is 27.7 Å². The molecule has 2 rings (SSSR count). The van der Waals surface area contributed by atoms with Crippen LogP contribution in [0.25, 0.3) is 0 Å². The molecule has 0 nitrogen and oxygen atoms in total. The van der Waals surface area contributed by atoms with E-state index < -0.39 is 0 Å². The Bertz CT molecular complexity index is 561. The molecule has 0 heterocycles. The molecule has 2 aromatic rings. The molecule has 0 saturated heterocycles. The van der Waals surface area contributed by atoms with E-state index in [-0.39, 0.29) is 25.5 Å². The summed E-state index contributed by atoms with van der Waals surface area (Å²) in [5.74, 6) is 0. The van der Waals surface area contributed by atoms with Crippen LogP contribution >= 0.6 is 20.3 Å². The van der Waals surface area contributed by atoms with Crippen LogP contribution in [0.15, 0.2) is 36.4 Å². The molecule has 0 saturated carbocycles. The number of halogens is 1. The average molecular weight is 335 g/mol. The van der Waals surface area contributed by atoms with E-state index in [0.717, 1.165) is 0 Å². The molecular formula is C20H28ClP. The molecule has 0 amide bonds. The Morgan fingerprint density at radius 2 is 0.864 bits per heavy atom. The molecule has 0 aliphatic heterocycles. The van der Waals surface area contributed by atoms with Gasteiger partial charge < -0.3 is 0 Å². The van der Waals surface area contributed by atoms with E-state index in [2.05, 4.69) is 84.9 Å². The smallest absolute Gasteiger partial charge is 0.00991 e. The van der Waals surface area contributed by atoms with Gasteiger partial charge in [-0.25, -0.2) is 0 Å². The summed E-state index contributed by atoms with van der Waals surface area (Å²) in [7, 11) is -0.357. The van der Waals surface area contributed by atoms with Gasteiger partial charge in [0.05, 0.1) is 0 Å². The summed E-state index contributed by atoms with van der Waals surface area (Å²) in [6, 6.07) is 14.0. The van der Waals surface area contributed by atoms with Gasteiger partial charge in [0.15, 0.2) is 0 Å². The molecule has 0 aromatic heterocycles. The van der Waals surface area contributed by atoms with Crippen molar-refractivity contribution in [1.29, 1.82) is 0 Å². The second-order valence-electron chi connectivity index (χ2n) is 7.20. The molecule has 0 radical (unpaired) electrons. The molecule has 22 heavy (non-hydrogen) atoms. The molecule has 0 aliphatic carbocycles. The van der Waals surface area contributed by atoms with Crippen molar-refractivity contribution in [3.8, 4) is 0 Å². The Kier molecular flexibility index (Phi) is 6.25. The lowest BCUT2D eigenvalue weighted by Crippen LogP contribution is -2.27. The second kappa shape index (κ2) is 7.16. The molecule has 0 aliphatic rings. The van der Waals surface area contributed by atoms with Crippen LogP contribution < -0.4 is 10.6 Å². The molecule has 2 heteroatoms.